The first-order valence-corrected chi connectivity index (χ1v) is 8.07. The molecule has 0 radical (unpaired) electrons. The minimum Gasteiger partial charge on any atom is -0.480 e. The molecule has 1 aliphatic carbocycles. The number of carboxylic acid groups (broad SMARTS) is 1. The summed E-state index contributed by atoms with van der Waals surface area (Å²) in [7, 11) is 0. The fourth-order valence-corrected chi connectivity index (χ4v) is 3.74. The number of nitrogens with zero attached hydrogens (tertiary/aromatic N) is 1. The van der Waals surface area contributed by atoms with Crippen molar-refractivity contribution in [1.29, 1.82) is 0 Å². The molecule has 1 saturated heterocycles. The Labute approximate surface area is 112 Å². The maximum absolute atomic E-state index is 12.2. The molecule has 0 aromatic carbocycles. The van der Waals surface area contributed by atoms with Gasteiger partial charge < -0.3 is 10.0 Å². The number of likely N-dealkylation sites (tertiary alicyclic amines) is 1. The molecular formula is C13H21NO3S. The SMILES string of the molecule is CSCCC(=O)N1[C@@H]2CCCC[C@@H]2C[C@H]1C(=O)O. The third-order valence-electron chi connectivity index (χ3n) is 4.18. The number of amides is 1. The zero-order valence-electron chi connectivity index (χ0n) is 10.8. The van der Waals surface area contributed by atoms with E-state index in [0.717, 1.165) is 25.0 Å². The highest BCUT2D eigenvalue weighted by Gasteiger charge is 2.47. The molecule has 0 spiro atoms. The second-order valence-electron chi connectivity index (χ2n) is 5.25. The van der Waals surface area contributed by atoms with Crippen LogP contribution >= 0.6 is 11.8 Å². The van der Waals surface area contributed by atoms with Gasteiger partial charge in [0.2, 0.25) is 5.91 Å². The molecule has 0 aromatic rings. The van der Waals surface area contributed by atoms with E-state index in [1.807, 2.05) is 6.26 Å². The Morgan fingerprint density at radius 3 is 2.72 bits per heavy atom. The molecule has 2 rings (SSSR count). The molecule has 5 heteroatoms. The monoisotopic (exact) mass is 271 g/mol. The number of rotatable bonds is 4. The van der Waals surface area contributed by atoms with Gasteiger partial charge in [-0.2, -0.15) is 11.8 Å². The molecule has 2 aliphatic rings. The molecule has 0 bridgehead atoms. The summed E-state index contributed by atoms with van der Waals surface area (Å²) in [5, 5.41) is 9.31. The van der Waals surface area contributed by atoms with E-state index in [-0.39, 0.29) is 11.9 Å². The standard InChI is InChI=1S/C13H21NO3S/c1-18-7-6-12(15)14-10-5-3-2-4-9(10)8-11(14)13(16)17/h9-11H,2-8H2,1H3,(H,16,17)/t9-,10-,11+/m1/s1. The average Bonchev–Trinajstić information content (AvgIpc) is 2.75. The number of carboxylic acids is 1. The van der Waals surface area contributed by atoms with Crippen LogP contribution in [0.5, 0.6) is 0 Å². The number of hydrogen-bond acceptors (Lipinski definition) is 3. The Balaban J connectivity index is 2.11. The average molecular weight is 271 g/mol. The van der Waals surface area contributed by atoms with Gasteiger partial charge in [-0.25, -0.2) is 4.79 Å². The minimum atomic E-state index is -0.832. The third-order valence-corrected chi connectivity index (χ3v) is 4.79. The maximum atomic E-state index is 12.2. The van der Waals surface area contributed by atoms with Crippen molar-refractivity contribution in [2.75, 3.05) is 12.0 Å². The fourth-order valence-electron chi connectivity index (χ4n) is 3.36. The Morgan fingerprint density at radius 2 is 2.06 bits per heavy atom. The van der Waals surface area contributed by atoms with Crippen molar-refractivity contribution in [2.45, 2.75) is 50.6 Å². The van der Waals surface area contributed by atoms with Crippen LogP contribution in [0.2, 0.25) is 0 Å². The van der Waals surface area contributed by atoms with Crippen LogP contribution in [0.25, 0.3) is 0 Å². The van der Waals surface area contributed by atoms with E-state index >= 15 is 0 Å². The molecule has 102 valence electrons. The van der Waals surface area contributed by atoms with Crippen molar-refractivity contribution in [2.24, 2.45) is 5.92 Å². The number of fused-ring (bicyclic) bond motifs is 1. The summed E-state index contributed by atoms with van der Waals surface area (Å²) >= 11 is 1.63. The lowest BCUT2D eigenvalue weighted by Crippen LogP contribution is -2.46. The Bertz CT molecular complexity index is 334. The summed E-state index contributed by atoms with van der Waals surface area (Å²) in [5.41, 5.74) is 0. The van der Waals surface area contributed by atoms with Crippen LogP contribution in [-0.4, -0.2) is 46.0 Å². The van der Waals surface area contributed by atoms with Gasteiger partial charge in [-0.15, -0.1) is 0 Å². The van der Waals surface area contributed by atoms with Gasteiger partial charge >= 0.3 is 5.97 Å². The highest BCUT2D eigenvalue weighted by Crippen LogP contribution is 2.40. The van der Waals surface area contributed by atoms with Gasteiger partial charge in [0.25, 0.3) is 0 Å². The summed E-state index contributed by atoms with van der Waals surface area (Å²) in [5.74, 6) is 0.394. The molecule has 1 amide bonds. The van der Waals surface area contributed by atoms with Crippen LogP contribution in [0.15, 0.2) is 0 Å². The largest absolute Gasteiger partial charge is 0.480 e. The lowest BCUT2D eigenvalue weighted by Gasteiger charge is -2.33. The highest BCUT2D eigenvalue weighted by molar-refractivity contribution is 7.98. The number of aliphatic carboxylic acids is 1. The fraction of sp³-hybridized carbons (Fsp3) is 0.846. The lowest BCUT2D eigenvalue weighted by molar-refractivity contribution is -0.149. The number of hydrogen-bond donors (Lipinski definition) is 1. The first-order chi connectivity index (χ1) is 8.65. The number of thioether (sulfide) groups is 1. The van der Waals surface area contributed by atoms with E-state index in [9.17, 15) is 14.7 Å². The first kappa shape index (κ1) is 13.7. The molecule has 0 aromatic heterocycles. The van der Waals surface area contributed by atoms with E-state index in [4.69, 9.17) is 0 Å². The smallest absolute Gasteiger partial charge is 0.326 e. The van der Waals surface area contributed by atoms with E-state index < -0.39 is 12.0 Å². The van der Waals surface area contributed by atoms with Crippen LogP contribution in [-0.2, 0) is 9.59 Å². The van der Waals surface area contributed by atoms with E-state index in [1.165, 1.54) is 6.42 Å². The summed E-state index contributed by atoms with van der Waals surface area (Å²) in [6.45, 7) is 0. The zero-order valence-corrected chi connectivity index (χ0v) is 11.6. The molecule has 1 aliphatic heterocycles. The second-order valence-corrected chi connectivity index (χ2v) is 6.23. The molecule has 18 heavy (non-hydrogen) atoms. The summed E-state index contributed by atoms with van der Waals surface area (Å²) in [4.78, 5) is 25.3. The second kappa shape index (κ2) is 5.95. The predicted molar refractivity (Wildman–Crippen MR) is 71.6 cm³/mol. The minimum absolute atomic E-state index is 0.0335. The van der Waals surface area contributed by atoms with E-state index in [1.54, 1.807) is 16.7 Å². The summed E-state index contributed by atoms with van der Waals surface area (Å²) < 4.78 is 0. The number of carbonyl (C=O) groups is 2. The van der Waals surface area contributed by atoms with Gasteiger partial charge in [0.05, 0.1) is 0 Å². The van der Waals surface area contributed by atoms with Crippen LogP contribution in [0.3, 0.4) is 0 Å². The van der Waals surface area contributed by atoms with Crippen molar-refractivity contribution in [1.82, 2.24) is 4.90 Å². The third kappa shape index (κ3) is 2.66. The molecule has 3 atom stereocenters. The van der Waals surface area contributed by atoms with Gasteiger partial charge in [0.1, 0.15) is 6.04 Å². The molecule has 0 unspecified atom stereocenters. The molecule has 2 fully saturated rings. The van der Waals surface area contributed by atoms with E-state index in [0.29, 0.717) is 18.8 Å². The Hall–Kier alpha value is -0.710. The highest BCUT2D eigenvalue weighted by atomic mass is 32.2. The molecule has 1 saturated carbocycles. The Kier molecular flexibility index (Phi) is 4.54. The van der Waals surface area contributed by atoms with Gasteiger partial charge in [-0.05, 0) is 31.4 Å². The lowest BCUT2D eigenvalue weighted by atomic mass is 9.84. The van der Waals surface area contributed by atoms with Crippen molar-refractivity contribution in [3.8, 4) is 0 Å². The number of carbonyl (C=O) groups excluding carboxylic acids is 1. The molecule has 1 N–H and O–H groups in total. The van der Waals surface area contributed by atoms with Gasteiger partial charge in [0.15, 0.2) is 0 Å². The molecule has 1 heterocycles. The topological polar surface area (TPSA) is 57.6 Å². The zero-order chi connectivity index (χ0) is 13.1. The van der Waals surface area contributed by atoms with Crippen LogP contribution < -0.4 is 0 Å². The van der Waals surface area contributed by atoms with Gasteiger partial charge in [-0.3, -0.25) is 4.79 Å². The van der Waals surface area contributed by atoms with Crippen molar-refractivity contribution < 1.29 is 14.7 Å². The normalized spacial score (nSPS) is 31.2. The predicted octanol–water partition coefficient (Wildman–Crippen LogP) is 1.98. The van der Waals surface area contributed by atoms with Gasteiger partial charge in [0, 0.05) is 18.2 Å². The maximum Gasteiger partial charge on any atom is 0.326 e. The summed E-state index contributed by atoms with van der Waals surface area (Å²) in [6, 6.07) is -0.387. The van der Waals surface area contributed by atoms with E-state index in [2.05, 4.69) is 0 Å². The van der Waals surface area contributed by atoms with Crippen molar-refractivity contribution in [3.05, 3.63) is 0 Å². The molecule has 4 nitrogen and oxygen atoms in total. The Morgan fingerprint density at radius 1 is 1.33 bits per heavy atom. The van der Waals surface area contributed by atoms with Crippen molar-refractivity contribution >= 4 is 23.6 Å². The quantitative estimate of drug-likeness (QED) is 0.849. The van der Waals surface area contributed by atoms with Crippen LogP contribution in [0, 0.1) is 5.92 Å². The van der Waals surface area contributed by atoms with Crippen LogP contribution in [0.4, 0.5) is 0 Å². The first-order valence-electron chi connectivity index (χ1n) is 6.68. The summed E-state index contributed by atoms with van der Waals surface area (Å²) in [6.07, 6.45) is 7.47. The molecular weight excluding hydrogens is 250 g/mol. The van der Waals surface area contributed by atoms with Crippen molar-refractivity contribution in [3.63, 3.8) is 0 Å². The van der Waals surface area contributed by atoms with Crippen LogP contribution in [0.1, 0.15) is 38.5 Å². The van der Waals surface area contributed by atoms with Gasteiger partial charge in [-0.1, -0.05) is 12.8 Å².